The molecule has 1 amide bonds. The predicted octanol–water partition coefficient (Wildman–Crippen LogP) is 4.83. The first-order valence-electron chi connectivity index (χ1n) is 9.51. The van der Waals surface area contributed by atoms with Crippen LogP contribution in [0.15, 0.2) is 83.8 Å². The summed E-state index contributed by atoms with van der Waals surface area (Å²) < 4.78 is 26.8. The average Bonchev–Trinajstić information content (AvgIpc) is 2.77. The maximum Gasteiger partial charge on any atom is 0.264 e. The van der Waals surface area contributed by atoms with Crippen molar-refractivity contribution in [3.8, 4) is 0 Å². The van der Waals surface area contributed by atoms with Crippen molar-refractivity contribution in [2.45, 2.75) is 18.4 Å². The van der Waals surface area contributed by atoms with Gasteiger partial charge in [-0.2, -0.15) is 0 Å². The van der Waals surface area contributed by atoms with Gasteiger partial charge in [-0.1, -0.05) is 60.1 Å². The standard InChI is InChI=1S/C23H23ClN2O3S/c1-3-26(17-18-10-6-4-7-11-18)23(27)21-15-14-19(16-22(21)24)25(2)30(28,29)20-12-8-5-9-13-20/h4-16H,3,17H2,1-2H3. The highest BCUT2D eigenvalue weighted by Gasteiger charge is 2.23. The molecule has 0 heterocycles. The summed E-state index contributed by atoms with van der Waals surface area (Å²) in [5.74, 6) is -0.202. The highest BCUT2D eigenvalue weighted by atomic mass is 35.5. The molecule has 3 rings (SSSR count). The van der Waals surface area contributed by atoms with E-state index in [0.29, 0.717) is 24.3 Å². The van der Waals surface area contributed by atoms with Crippen LogP contribution in [0.1, 0.15) is 22.8 Å². The van der Waals surface area contributed by atoms with Crippen molar-refractivity contribution < 1.29 is 13.2 Å². The Morgan fingerprint density at radius 2 is 1.53 bits per heavy atom. The van der Waals surface area contributed by atoms with Gasteiger partial charge < -0.3 is 4.90 Å². The molecule has 0 unspecified atom stereocenters. The molecular formula is C23H23ClN2O3S. The molecule has 5 nitrogen and oxygen atoms in total. The van der Waals surface area contributed by atoms with Gasteiger partial charge in [-0.3, -0.25) is 9.10 Å². The van der Waals surface area contributed by atoms with Crippen molar-refractivity contribution in [2.24, 2.45) is 0 Å². The van der Waals surface area contributed by atoms with Gasteiger partial charge in [-0.25, -0.2) is 8.42 Å². The first-order valence-corrected chi connectivity index (χ1v) is 11.3. The maximum absolute atomic E-state index is 13.0. The molecule has 30 heavy (non-hydrogen) atoms. The van der Waals surface area contributed by atoms with E-state index in [2.05, 4.69) is 0 Å². The quantitative estimate of drug-likeness (QED) is 0.526. The Labute approximate surface area is 182 Å². The van der Waals surface area contributed by atoms with Gasteiger partial charge >= 0.3 is 0 Å². The molecule has 0 aromatic heterocycles. The van der Waals surface area contributed by atoms with Crippen LogP contribution in [-0.4, -0.2) is 32.8 Å². The van der Waals surface area contributed by atoms with Crippen LogP contribution >= 0.6 is 11.6 Å². The van der Waals surface area contributed by atoms with Gasteiger partial charge in [-0.05, 0) is 42.8 Å². The van der Waals surface area contributed by atoms with Gasteiger partial charge in [0.15, 0.2) is 0 Å². The smallest absolute Gasteiger partial charge is 0.264 e. The van der Waals surface area contributed by atoms with E-state index in [4.69, 9.17) is 11.6 Å². The van der Waals surface area contributed by atoms with Crippen LogP contribution in [0.5, 0.6) is 0 Å². The van der Waals surface area contributed by atoms with Gasteiger partial charge in [0.05, 0.1) is 21.2 Å². The average molecular weight is 443 g/mol. The van der Waals surface area contributed by atoms with Gasteiger partial charge in [0.25, 0.3) is 15.9 Å². The summed E-state index contributed by atoms with van der Waals surface area (Å²) in [6, 6.07) is 22.5. The minimum atomic E-state index is -3.72. The molecule has 3 aromatic rings. The predicted molar refractivity (Wildman–Crippen MR) is 120 cm³/mol. The van der Waals surface area contributed by atoms with Crippen LogP contribution in [-0.2, 0) is 16.6 Å². The Bertz CT molecular complexity index is 1120. The first-order chi connectivity index (χ1) is 14.3. The Morgan fingerprint density at radius 3 is 2.10 bits per heavy atom. The molecule has 0 spiro atoms. The van der Waals surface area contributed by atoms with Crippen LogP contribution in [0.3, 0.4) is 0 Å². The number of halogens is 1. The monoisotopic (exact) mass is 442 g/mol. The van der Waals surface area contributed by atoms with Crippen LogP contribution < -0.4 is 4.31 Å². The Kier molecular flexibility index (Phi) is 6.80. The topological polar surface area (TPSA) is 57.7 Å². The van der Waals surface area contributed by atoms with Crippen LogP contribution in [0.25, 0.3) is 0 Å². The van der Waals surface area contributed by atoms with Crippen molar-refractivity contribution in [1.29, 1.82) is 0 Å². The molecular weight excluding hydrogens is 420 g/mol. The zero-order chi connectivity index (χ0) is 21.7. The summed E-state index contributed by atoms with van der Waals surface area (Å²) >= 11 is 6.40. The lowest BCUT2D eigenvalue weighted by molar-refractivity contribution is 0.0753. The van der Waals surface area contributed by atoms with Gasteiger partial charge in [0.1, 0.15) is 0 Å². The molecule has 156 valence electrons. The molecule has 7 heteroatoms. The van der Waals surface area contributed by atoms with Crippen molar-refractivity contribution in [3.05, 3.63) is 95.0 Å². The molecule has 0 radical (unpaired) electrons. The lowest BCUT2D eigenvalue weighted by atomic mass is 10.1. The Morgan fingerprint density at radius 1 is 0.933 bits per heavy atom. The molecule has 0 bridgehead atoms. The minimum Gasteiger partial charge on any atom is -0.335 e. The Balaban J connectivity index is 1.84. The van der Waals surface area contributed by atoms with E-state index >= 15 is 0 Å². The van der Waals surface area contributed by atoms with Crippen molar-refractivity contribution in [1.82, 2.24) is 4.90 Å². The van der Waals surface area contributed by atoms with E-state index in [9.17, 15) is 13.2 Å². The van der Waals surface area contributed by atoms with Gasteiger partial charge in [0.2, 0.25) is 0 Å². The first kappa shape index (κ1) is 21.9. The molecule has 0 saturated heterocycles. The third-order valence-electron chi connectivity index (χ3n) is 4.83. The molecule has 0 aliphatic carbocycles. The van der Waals surface area contributed by atoms with Crippen molar-refractivity contribution in [2.75, 3.05) is 17.9 Å². The summed E-state index contributed by atoms with van der Waals surface area (Å²) in [7, 11) is -2.26. The lowest BCUT2D eigenvalue weighted by Gasteiger charge is -2.23. The SMILES string of the molecule is CCN(Cc1ccccc1)C(=O)c1ccc(N(C)S(=O)(=O)c2ccccc2)cc1Cl. The third-order valence-corrected chi connectivity index (χ3v) is 6.95. The highest BCUT2D eigenvalue weighted by molar-refractivity contribution is 7.92. The van der Waals surface area contributed by atoms with Crippen LogP contribution in [0.4, 0.5) is 5.69 Å². The highest BCUT2D eigenvalue weighted by Crippen LogP contribution is 2.28. The minimum absolute atomic E-state index is 0.184. The second kappa shape index (κ2) is 9.32. The van der Waals surface area contributed by atoms with Crippen LogP contribution in [0.2, 0.25) is 5.02 Å². The summed E-state index contributed by atoms with van der Waals surface area (Å²) in [6.45, 7) is 2.90. The number of carbonyl (C=O) groups is 1. The summed E-state index contributed by atoms with van der Waals surface area (Å²) in [5, 5.41) is 0.208. The molecule has 0 aliphatic rings. The normalized spacial score (nSPS) is 11.2. The number of hydrogen-bond donors (Lipinski definition) is 0. The van der Waals surface area contributed by atoms with E-state index in [1.807, 2.05) is 37.3 Å². The van der Waals surface area contributed by atoms with E-state index in [1.54, 1.807) is 35.2 Å². The van der Waals surface area contributed by atoms with Crippen molar-refractivity contribution >= 4 is 33.2 Å². The maximum atomic E-state index is 13.0. The number of amides is 1. The number of hydrogen-bond acceptors (Lipinski definition) is 3. The number of rotatable bonds is 7. The van der Waals surface area contributed by atoms with E-state index in [0.717, 1.165) is 9.87 Å². The van der Waals surface area contributed by atoms with E-state index < -0.39 is 10.0 Å². The fourth-order valence-corrected chi connectivity index (χ4v) is 4.53. The van der Waals surface area contributed by atoms with E-state index in [-0.39, 0.29) is 15.8 Å². The summed E-state index contributed by atoms with van der Waals surface area (Å²) in [4.78, 5) is 14.9. The van der Waals surface area contributed by atoms with Gasteiger partial charge in [0, 0.05) is 20.1 Å². The molecule has 0 N–H and O–H groups in total. The van der Waals surface area contributed by atoms with Crippen molar-refractivity contribution in [3.63, 3.8) is 0 Å². The fourth-order valence-electron chi connectivity index (χ4n) is 3.06. The molecule has 3 aromatic carbocycles. The number of sulfonamides is 1. The van der Waals surface area contributed by atoms with E-state index in [1.165, 1.54) is 25.2 Å². The zero-order valence-corrected chi connectivity index (χ0v) is 18.4. The molecule has 0 saturated carbocycles. The fraction of sp³-hybridized carbons (Fsp3) is 0.174. The van der Waals surface area contributed by atoms with Gasteiger partial charge in [-0.15, -0.1) is 0 Å². The lowest BCUT2D eigenvalue weighted by Crippen LogP contribution is -2.31. The largest absolute Gasteiger partial charge is 0.335 e. The third kappa shape index (κ3) is 4.66. The number of carbonyl (C=O) groups excluding carboxylic acids is 1. The van der Waals surface area contributed by atoms with Crippen LogP contribution in [0, 0.1) is 0 Å². The number of benzene rings is 3. The second-order valence-electron chi connectivity index (χ2n) is 6.75. The molecule has 0 fully saturated rings. The number of nitrogens with zero attached hydrogens (tertiary/aromatic N) is 2. The summed E-state index contributed by atoms with van der Waals surface area (Å²) in [6.07, 6.45) is 0. The Hall–Kier alpha value is -2.83. The summed E-state index contributed by atoms with van der Waals surface area (Å²) in [5.41, 5.74) is 1.74. The molecule has 0 aliphatic heterocycles. The second-order valence-corrected chi connectivity index (χ2v) is 9.13. The molecule has 0 atom stereocenters. The number of anilines is 1. The zero-order valence-electron chi connectivity index (χ0n) is 16.8.